The zero-order chi connectivity index (χ0) is 21.5. The lowest BCUT2D eigenvalue weighted by Gasteiger charge is -2.14. The first-order chi connectivity index (χ1) is 14.2. The van der Waals surface area contributed by atoms with E-state index in [2.05, 4.69) is 81.4 Å². The molecule has 0 aliphatic heterocycles. The Balaban J connectivity index is 0.000000627. The van der Waals surface area contributed by atoms with Gasteiger partial charge in [0.2, 0.25) is 0 Å². The second-order valence-electron chi connectivity index (χ2n) is 6.46. The Hall–Kier alpha value is -2.80. The Bertz CT molecular complexity index is 813. The summed E-state index contributed by atoms with van der Waals surface area (Å²) in [5, 5.41) is 0. The molecule has 0 radical (unpaired) electrons. The van der Waals surface area contributed by atoms with Crippen molar-refractivity contribution in [2.24, 2.45) is 0 Å². The standard InChI is InChI=1S/C22H20O.C4H10.C2H6/c1-17(18-9-5-3-6-10-18)22(19-11-7-4-8-12-19)20-13-15-21(23-2)16-14-20;1-3-4-2;1-2/h3-16H,1-2H3;3-4H2,1-2H3;1-2H3/b22-17+;;. The van der Waals surface area contributed by atoms with Crippen molar-refractivity contribution in [1.82, 2.24) is 0 Å². The molecule has 1 heteroatoms. The van der Waals surface area contributed by atoms with Gasteiger partial charge in [0.25, 0.3) is 0 Å². The largest absolute Gasteiger partial charge is 0.497 e. The van der Waals surface area contributed by atoms with Crippen LogP contribution in [0.4, 0.5) is 0 Å². The summed E-state index contributed by atoms with van der Waals surface area (Å²) >= 11 is 0. The maximum Gasteiger partial charge on any atom is 0.118 e. The van der Waals surface area contributed by atoms with Crippen LogP contribution in [0, 0.1) is 0 Å². The summed E-state index contributed by atoms with van der Waals surface area (Å²) in [5.74, 6) is 0.874. The van der Waals surface area contributed by atoms with Crippen LogP contribution in [0.25, 0.3) is 11.1 Å². The van der Waals surface area contributed by atoms with Crippen LogP contribution >= 0.6 is 0 Å². The Kier molecular flexibility index (Phi) is 11.9. The Morgan fingerprint density at radius 1 is 0.621 bits per heavy atom. The van der Waals surface area contributed by atoms with E-state index in [0.717, 1.165) is 5.75 Å². The van der Waals surface area contributed by atoms with Crippen molar-refractivity contribution in [3.8, 4) is 5.75 Å². The van der Waals surface area contributed by atoms with Gasteiger partial charge in [-0.15, -0.1) is 0 Å². The van der Waals surface area contributed by atoms with E-state index in [1.807, 2.05) is 38.1 Å². The van der Waals surface area contributed by atoms with Crippen molar-refractivity contribution < 1.29 is 4.74 Å². The molecule has 0 heterocycles. The fourth-order valence-corrected chi connectivity index (χ4v) is 2.79. The highest BCUT2D eigenvalue weighted by Crippen LogP contribution is 2.32. The fourth-order valence-electron chi connectivity index (χ4n) is 2.79. The number of benzene rings is 3. The summed E-state index contributed by atoms with van der Waals surface area (Å²) in [6, 6.07) is 29.3. The first-order valence-electron chi connectivity index (χ1n) is 10.7. The molecule has 0 aliphatic carbocycles. The van der Waals surface area contributed by atoms with E-state index < -0.39 is 0 Å². The number of methoxy groups -OCH3 is 1. The van der Waals surface area contributed by atoms with Crippen molar-refractivity contribution in [1.29, 1.82) is 0 Å². The molecule has 0 aromatic heterocycles. The average Bonchev–Trinajstić information content (AvgIpc) is 2.82. The number of hydrogen-bond acceptors (Lipinski definition) is 1. The molecule has 0 amide bonds. The second-order valence-corrected chi connectivity index (χ2v) is 6.46. The zero-order valence-corrected chi connectivity index (χ0v) is 18.9. The first-order valence-corrected chi connectivity index (χ1v) is 10.7. The molecular formula is C28H36O. The third kappa shape index (κ3) is 7.62. The van der Waals surface area contributed by atoms with Crippen molar-refractivity contribution in [3.05, 3.63) is 102 Å². The highest BCUT2D eigenvalue weighted by Gasteiger charge is 2.10. The lowest BCUT2D eigenvalue weighted by Crippen LogP contribution is -1.93. The second kappa shape index (κ2) is 14.2. The van der Waals surface area contributed by atoms with Gasteiger partial charge in [-0.1, -0.05) is 113 Å². The molecule has 1 nitrogen and oxygen atoms in total. The van der Waals surface area contributed by atoms with Gasteiger partial charge >= 0.3 is 0 Å². The summed E-state index contributed by atoms with van der Waals surface area (Å²) < 4.78 is 5.28. The van der Waals surface area contributed by atoms with Crippen molar-refractivity contribution in [2.45, 2.75) is 47.5 Å². The minimum absolute atomic E-state index is 0.874. The highest BCUT2D eigenvalue weighted by molar-refractivity contribution is 5.97. The molecule has 0 unspecified atom stereocenters. The lowest BCUT2D eigenvalue weighted by molar-refractivity contribution is 0.415. The van der Waals surface area contributed by atoms with Crippen LogP contribution in [0.5, 0.6) is 5.75 Å². The highest BCUT2D eigenvalue weighted by atomic mass is 16.5. The first kappa shape index (κ1) is 24.2. The van der Waals surface area contributed by atoms with Crippen LogP contribution in [-0.4, -0.2) is 7.11 Å². The predicted octanol–water partition coefficient (Wildman–Crippen LogP) is 8.51. The minimum atomic E-state index is 0.874. The average molecular weight is 389 g/mol. The summed E-state index contributed by atoms with van der Waals surface area (Å²) in [6.07, 6.45) is 2.64. The topological polar surface area (TPSA) is 9.23 Å². The number of ether oxygens (including phenoxy) is 1. The smallest absolute Gasteiger partial charge is 0.118 e. The predicted molar refractivity (Wildman–Crippen MR) is 129 cm³/mol. The molecule has 0 fully saturated rings. The summed E-state index contributed by atoms with van der Waals surface area (Å²) in [4.78, 5) is 0. The number of hydrogen-bond donors (Lipinski definition) is 0. The zero-order valence-electron chi connectivity index (χ0n) is 18.9. The van der Waals surface area contributed by atoms with Crippen molar-refractivity contribution >= 4 is 11.1 Å². The van der Waals surface area contributed by atoms with Crippen LogP contribution in [0.3, 0.4) is 0 Å². The van der Waals surface area contributed by atoms with Gasteiger partial charge in [-0.25, -0.2) is 0 Å². The molecule has 0 bridgehead atoms. The monoisotopic (exact) mass is 388 g/mol. The molecule has 3 aromatic rings. The summed E-state index contributed by atoms with van der Waals surface area (Å²) in [6.45, 7) is 10.5. The summed E-state index contributed by atoms with van der Waals surface area (Å²) in [5.41, 5.74) is 6.17. The quantitative estimate of drug-likeness (QED) is 0.398. The number of unbranched alkanes of at least 4 members (excludes halogenated alkanes) is 1. The van der Waals surface area contributed by atoms with Crippen LogP contribution in [-0.2, 0) is 0 Å². The Labute approximate surface area is 178 Å². The minimum Gasteiger partial charge on any atom is -0.497 e. The number of allylic oxidation sites excluding steroid dienone is 1. The molecule has 0 spiro atoms. The van der Waals surface area contributed by atoms with Gasteiger partial charge in [-0.2, -0.15) is 0 Å². The third-order valence-corrected chi connectivity index (χ3v) is 4.52. The van der Waals surface area contributed by atoms with E-state index in [4.69, 9.17) is 4.74 Å². The van der Waals surface area contributed by atoms with Crippen LogP contribution in [0.15, 0.2) is 84.9 Å². The molecule has 3 aromatic carbocycles. The van der Waals surface area contributed by atoms with E-state index >= 15 is 0 Å². The number of rotatable bonds is 5. The van der Waals surface area contributed by atoms with Gasteiger partial charge < -0.3 is 4.74 Å². The van der Waals surface area contributed by atoms with Crippen molar-refractivity contribution in [2.75, 3.05) is 7.11 Å². The van der Waals surface area contributed by atoms with E-state index in [9.17, 15) is 0 Å². The van der Waals surface area contributed by atoms with Crippen molar-refractivity contribution in [3.63, 3.8) is 0 Å². The van der Waals surface area contributed by atoms with E-state index in [1.54, 1.807) is 7.11 Å². The Morgan fingerprint density at radius 2 is 1.03 bits per heavy atom. The molecule has 0 aliphatic rings. The molecule has 3 rings (SSSR count). The van der Waals surface area contributed by atoms with Gasteiger partial charge in [-0.3, -0.25) is 0 Å². The molecule has 0 saturated heterocycles. The maximum absolute atomic E-state index is 5.28. The normalized spacial score (nSPS) is 10.6. The van der Waals surface area contributed by atoms with Crippen LogP contribution in [0.1, 0.15) is 64.2 Å². The summed E-state index contributed by atoms with van der Waals surface area (Å²) in [7, 11) is 1.69. The van der Waals surface area contributed by atoms with Gasteiger partial charge in [-0.05, 0) is 46.9 Å². The van der Waals surface area contributed by atoms with Gasteiger partial charge in [0.05, 0.1) is 7.11 Å². The fraction of sp³-hybridized carbons (Fsp3) is 0.286. The Morgan fingerprint density at radius 3 is 1.45 bits per heavy atom. The van der Waals surface area contributed by atoms with Gasteiger partial charge in [0, 0.05) is 0 Å². The van der Waals surface area contributed by atoms with Crippen LogP contribution in [0.2, 0.25) is 0 Å². The molecule has 29 heavy (non-hydrogen) atoms. The van der Waals surface area contributed by atoms with E-state index in [-0.39, 0.29) is 0 Å². The van der Waals surface area contributed by atoms with Crippen LogP contribution < -0.4 is 4.74 Å². The third-order valence-electron chi connectivity index (χ3n) is 4.52. The SMILES string of the molecule is CC.CCCC.COc1ccc(/C(=C(\C)c2ccccc2)c2ccccc2)cc1. The molecule has 0 saturated carbocycles. The molecule has 154 valence electrons. The molecular weight excluding hydrogens is 352 g/mol. The van der Waals surface area contributed by atoms with E-state index in [0.29, 0.717) is 0 Å². The van der Waals surface area contributed by atoms with Gasteiger partial charge in [0.1, 0.15) is 5.75 Å². The molecule has 0 atom stereocenters. The van der Waals surface area contributed by atoms with E-state index in [1.165, 1.54) is 40.7 Å². The lowest BCUT2D eigenvalue weighted by atomic mass is 9.90. The molecule has 0 N–H and O–H groups in total. The van der Waals surface area contributed by atoms with Gasteiger partial charge in [0.15, 0.2) is 0 Å². The maximum atomic E-state index is 5.28.